The second kappa shape index (κ2) is 5.03. The monoisotopic (exact) mass is 228 g/mol. The zero-order chi connectivity index (χ0) is 11.4. The van der Waals surface area contributed by atoms with E-state index in [4.69, 9.17) is 16.3 Å². The second-order valence-corrected chi connectivity index (χ2v) is 3.55. The molecule has 0 unspecified atom stereocenters. The molecule has 0 saturated heterocycles. The van der Waals surface area contributed by atoms with Crippen LogP contribution in [0.3, 0.4) is 0 Å². The Bertz CT molecular complexity index is 374. The number of rotatable bonds is 4. The van der Waals surface area contributed by atoms with Gasteiger partial charge in [0.25, 0.3) is 0 Å². The first kappa shape index (κ1) is 11.9. The molecule has 0 bridgehead atoms. The lowest BCUT2D eigenvalue weighted by Gasteiger charge is -2.10. The molecule has 3 nitrogen and oxygen atoms in total. The number of methoxy groups -OCH3 is 1. The molecule has 0 amide bonds. The molecule has 0 atom stereocenters. The van der Waals surface area contributed by atoms with Gasteiger partial charge in [0.2, 0.25) is 0 Å². The molecule has 1 aromatic rings. The van der Waals surface area contributed by atoms with Gasteiger partial charge in [-0.1, -0.05) is 6.07 Å². The Hall–Kier alpha value is -1.22. The van der Waals surface area contributed by atoms with E-state index in [9.17, 15) is 9.90 Å². The molecule has 82 valence electrons. The molecule has 0 fully saturated rings. The van der Waals surface area contributed by atoms with E-state index in [1.165, 1.54) is 7.11 Å². The topological polar surface area (TPSA) is 46.5 Å². The lowest BCUT2D eigenvalue weighted by molar-refractivity contribution is 0.0985. The predicted molar refractivity (Wildman–Crippen MR) is 59.1 cm³/mol. The third-order valence-corrected chi connectivity index (χ3v) is 2.36. The highest BCUT2D eigenvalue weighted by molar-refractivity contribution is 6.19. The highest BCUT2D eigenvalue weighted by atomic mass is 35.5. The van der Waals surface area contributed by atoms with Crippen molar-refractivity contribution in [3.8, 4) is 11.5 Å². The smallest absolute Gasteiger partial charge is 0.168 e. The van der Waals surface area contributed by atoms with Gasteiger partial charge in [-0.3, -0.25) is 4.79 Å². The van der Waals surface area contributed by atoms with Crippen molar-refractivity contribution in [1.82, 2.24) is 0 Å². The Labute approximate surface area is 93.6 Å². The number of Topliss-reactive ketones (excluding diaryl/α,β-unsaturated/α-hetero) is 1. The number of phenols is 1. The van der Waals surface area contributed by atoms with Crippen LogP contribution < -0.4 is 4.74 Å². The number of carbonyl (C=O) groups excluding carboxylic acids is 1. The normalized spacial score (nSPS) is 10.1. The number of hydrogen-bond donors (Lipinski definition) is 1. The highest BCUT2D eigenvalue weighted by Crippen LogP contribution is 2.32. The quantitative estimate of drug-likeness (QED) is 0.636. The molecular formula is C11H13ClO3. The van der Waals surface area contributed by atoms with Crippen molar-refractivity contribution in [2.75, 3.05) is 13.0 Å². The number of alkyl halides is 1. The van der Waals surface area contributed by atoms with E-state index < -0.39 is 0 Å². The fourth-order valence-corrected chi connectivity index (χ4v) is 1.57. The summed E-state index contributed by atoms with van der Waals surface area (Å²) in [6, 6.07) is 3.36. The molecule has 15 heavy (non-hydrogen) atoms. The predicted octanol–water partition coefficient (Wildman–Crippen LogP) is 2.52. The average molecular weight is 229 g/mol. The molecule has 0 heterocycles. The van der Waals surface area contributed by atoms with Crippen LogP contribution in [-0.4, -0.2) is 23.9 Å². The first-order valence-electron chi connectivity index (χ1n) is 4.57. The van der Waals surface area contributed by atoms with Crippen LogP contribution in [0, 0.1) is 6.92 Å². The van der Waals surface area contributed by atoms with Crippen LogP contribution in [0.15, 0.2) is 12.1 Å². The van der Waals surface area contributed by atoms with Crippen molar-refractivity contribution in [3.63, 3.8) is 0 Å². The van der Waals surface area contributed by atoms with Crippen LogP contribution in [0.5, 0.6) is 11.5 Å². The minimum absolute atomic E-state index is 0.104. The summed E-state index contributed by atoms with van der Waals surface area (Å²) in [5.74, 6) is 0.277. The van der Waals surface area contributed by atoms with E-state index in [-0.39, 0.29) is 23.8 Å². The average Bonchev–Trinajstić information content (AvgIpc) is 2.18. The fraction of sp³-hybridized carbons (Fsp3) is 0.364. The van der Waals surface area contributed by atoms with Crippen molar-refractivity contribution in [3.05, 3.63) is 23.3 Å². The van der Waals surface area contributed by atoms with E-state index in [0.29, 0.717) is 11.3 Å². The number of halogens is 1. The highest BCUT2D eigenvalue weighted by Gasteiger charge is 2.17. The Morgan fingerprint density at radius 1 is 1.53 bits per heavy atom. The summed E-state index contributed by atoms with van der Waals surface area (Å²) in [6.07, 6.45) is 0.211. The van der Waals surface area contributed by atoms with Crippen LogP contribution in [0.25, 0.3) is 0 Å². The Morgan fingerprint density at radius 3 is 2.73 bits per heavy atom. The molecule has 0 spiro atoms. The Morgan fingerprint density at radius 2 is 2.20 bits per heavy atom. The molecule has 0 aliphatic rings. The number of carbonyl (C=O) groups is 1. The Balaban J connectivity index is 3.20. The molecule has 0 aliphatic heterocycles. The lowest BCUT2D eigenvalue weighted by Crippen LogP contribution is -2.03. The molecular weight excluding hydrogens is 216 g/mol. The summed E-state index contributed by atoms with van der Waals surface area (Å²) in [5.41, 5.74) is 1.03. The number of hydrogen-bond acceptors (Lipinski definition) is 3. The lowest BCUT2D eigenvalue weighted by atomic mass is 10.0. The van der Waals surface area contributed by atoms with Gasteiger partial charge in [-0.15, -0.1) is 11.6 Å². The van der Waals surface area contributed by atoms with E-state index >= 15 is 0 Å². The minimum Gasteiger partial charge on any atom is -0.504 e. The molecule has 1 aromatic carbocycles. The van der Waals surface area contributed by atoms with Gasteiger partial charge in [-0.2, -0.15) is 0 Å². The minimum atomic E-state index is -0.168. The van der Waals surface area contributed by atoms with Crippen LogP contribution in [0.1, 0.15) is 22.3 Å². The number of aromatic hydroxyl groups is 1. The van der Waals surface area contributed by atoms with Crippen LogP contribution in [-0.2, 0) is 0 Å². The van der Waals surface area contributed by atoms with Gasteiger partial charge >= 0.3 is 0 Å². The van der Waals surface area contributed by atoms with Gasteiger partial charge in [-0.05, 0) is 18.6 Å². The first-order valence-corrected chi connectivity index (χ1v) is 5.11. The van der Waals surface area contributed by atoms with Gasteiger partial charge in [-0.25, -0.2) is 0 Å². The largest absolute Gasteiger partial charge is 0.504 e. The number of benzene rings is 1. The van der Waals surface area contributed by atoms with E-state index in [2.05, 4.69) is 0 Å². The van der Waals surface area contributed by atoms with Crippen molar-refractivity contribution in [2.24, 2.45) is 0 Å². The van der Waals surface area contributed by atoms with Gasteiger partial charge < -0.3 is 9.84 Å². The summed E-state index contributed by atoms with van der Waals surface area (Å²) in [4.78, 5) is 11.7. The van der Waals surface area contributed by atoms with Gasteiger partial charge in [0, 0.05) is 12.3 Å². The third-order valence-electron chi connectivity index (χ3n) is 2.17. The number of phenolic OH excluding ortho intramolecular Hbond substituents is 1. The Kier molecular flexibility index (Phi) is 3.97. The molecule has 0 aromatic heterocycles. The van der Waals surface area contributed by atoms with Crippen LogP contribution in [0.2, 0.25) is 0 Å². The number of ketones is 1. The van der Waals surface area contributed by atoms with Crippen LogP contribution in [0.4, 0.5) is 0 Å². The summed E-state index contributed by atoms with van der Waals surface area (Å²) in [6.45, 7) is 1.76. The SMILES string of the molecule is COc1ccc(C)c(C(=O)CCCl)c1O. The summed E-state index contributed by atoms with van der Waals surface area (Å²) >= 11 is 5.49. The van der Waals surface area contributed by atoms with Crippen molar-refractivity contribution < 1.29 is 14.6 Å². The summed E-state index contributed by atoms with van der Waals surface area (Å²) in [7, 11) is 1.44. The van der Waals surface area contributed by atoms with Gasteiger partial charge in [0.05, 0.1) is 12.7 Å². The molecule has 0 aliphatic carbocycles. The van der Waals surface area contributed by atoms with E-state index in [0.717, 1.165) is 5.56 Å². The van der Waals surface area contributed by atoms with Gasteiger partial charge in [0.15, 0.2) is 17.3 Å². The van der Waals surface area contributed by atoms with E-state index in [1.807, 2.05) is 0 Å². The summed E-state index contributed by atoms with van der Waals surface area (Å²) in [5, 5.41) is 9.78. The molecule has 0 saturated carbocycles. The first-order chi connectivity index (χ1) is 7.11. The number of aryl methyl sites for hydroxylation is 1. The van der Waals surface area contributed by atoms with Gasteiger partial charge in [0.1, 0.15) is 0 Å². The van der Waals surface area contributed by atoms with Crippen molar-refractivity contribution in [2.45, 2.75) is 13.3 Å². The standard InChI is InChI=1S/C11H13ClO3/c1-7-3-4-9(15-2)11(14)10(7)8(13)5-6-12/h3-4,14H,5-6H2,1-2H3. The zero-order valence-corrected chi connectivity index (χ0v) is 9.47. The third kappa shape index (κ3) is 2.42. The van der Waals surface area contributed by atoms with Crippen LogP contribution >= 0.6 is 11.6 Å². The maximum atomic E-state index is 11.7. The van der Waals surface area contributed by atoms with E-state index in [1.54, 1.807) is 19.1 Å². The fourth-order valence-electron chi connectivity index (χ4n) is 1.40. The maximum absolute atomic E-state index is 11.7. The molecule has 1 rings (SSSR count). The molecule has 0 radical (unpaired) electrons. The molecule has 4 heteroatoms. The summed E-state index contributed by atoms with van der Waals surface area (Å²) < 4.78 is 4.93. The maximum Gasteiger partial charge on any atom is 0.168 e. The van der Waals surface area contributed by atoms with Crippen molar-refractivity contribution in [1.29, 1.82) is 0 Å². The second-order valence-electron chi connectivity index (χ2n) is 3.17. The molecule has 1 N–H and O–H groups in total. The van der Waals surface area contributed by atoms with Crippen molar-refractivity contribution >= 4 is 17.4 Å². The zero-order valence-electron chi connectivity index (χ0n) is 8.71. The number of ether oxygens (including phenoxy) is 1.